The first-order chi connectivity index (χ1) is 7.33. The van der Waals surface area contributed by atoms with Crippen molar-refractivity contribution in [3.05, 3.63) is 47.3 Å². The van der Waals surface area contributed by atoms with E-state index in [1.807, 2.05) is 24.3 Å². The van der Waals surface area contributed by atoms with Crippen molar-refractivity contribution < 1.29 is 0 Å². The quantitative estimate of drug-likeness (QED) is 0.831. The molecule has 1 aromatic heterocycles. The highest BCUT2D eigenvalue weighted by atomic mass is 32.1. The van der Waals surface area contributed by atoms with Gasteiger partial charge < -0.3 is 11.5 Å². The average molecular weight is 218 g/mol. The third kappa shape index (κ3) is 2.09. The van der Waals surface area contributed by atoms with Crippen LogP contribution in [0.5, 0.6) is 0 Å². The smallest absolute Gasteiger partial charge is 0.0425 e. The molecule has 78 valence electrons. The summed E-state index contributed by atoms with van der Waals surface area (Å²) in [6, 6.07) is 12.2. The van der Waals surface area contributed by atoms with Crippen LogP contribution in [0, 0.1) is 0 Å². The molecule has 0 radical (unpaired) electrons. The molecule has 15 heavy (non-hydrogen) atoms. The van der Waals surface area contributed by atoms with Gasteiger partial charge in [-0.2, -0.15) is 0 Å². The van der Waals surface area contributed by atoms with Crippen LogP contribution < -0.4 is 11.5 Å². The topological polar surface area (TPSA) is 52.0 Å². The lowest BCUT2D eigenvalue weighted by Gasteiger charge is -2.13. The Balaban J connectivity index is 2.47. The Kier molecular flexibility index (Phi) is 3.16. The van der Waals surface area contributed by atoms with Gasteiger partial charge in [0.2, 0.25) is 0 Å². The highest BCUT2D eigenvalue weighted by Gasteiger charge is 2.10. The van der Waals surface area contributed by atoms with E-state index in [9.17, 15) is 0 Å². The van der Waals surface area contributed by atoms with E-state index in [1.165, 1.54) is 10.4 Å². The molecule has 0 fully saturated rings. The lowest BCUT2D eigenvalue weighted by atomic mass is 10.00. The largest absolute Gasteiger partial charge is 0.329 e. The maximum Gasteiger partial charge on any atom is 0.0425 e. The molecule has 0 bridgehead atoms. The van der Waals surface area contributed by atoms with Gasteiger partial charge in [-0.05, 0) is 22.6 Å². The highest BCUT2D eigenvalue weighted by Crippen LogP contribution is 2.30. The molecule has 0 unspecified atom stereocenters. The van der Waals surface area contributed by atoms with Crippen LogP contribution in [0.15, 0.2) is 41.8 Å². The molecular weight excluding hydrogens is 204 g/mol. The Hall–Kier alpha value is -1.16. The van der Waals surface area contributed by atoms with Crippen LogP contribution in [0.1, 0.15) is 11.6 Å². The summed E-state index contributed by atoms with van der Waals surface area (Å²) in [6.45, 7) is 0.475. The SMILES string of the molecule is NC[C@@H](N)c1ccccc1-c1cccs1. The van der Waals surface area contributed by atoms with Crippen LogP contribution in [0.2, 0.25) is 0 Å². The second-order valence-electron chi connectivity index (χ2n) is 3.41. The third-order valence-corrected chi connectivity index (χ3v) is 3.30. The number of rotatable bonds is 3. The van der Waals surface area contributed by atoms with E-state index in [2.05, 4.69) is 17.5 Å². The van der Waals surface area contributed by atoms with E-state index in [1.54, 1.807) is 11.3 Å². The minimum absolute atomic E-state index is 0.0803. The van der Waals surface area contributed by atoms with Gasteiger partial charge in [-0.25, -0.2) is 0 Å². The second kappa shape index (κ2) is 4.57. The molecule has 2 rings (SSSR count). The molecule has 0 aliphatic heterocycles. The van der Waals surface area contributed by atoms with Gasteiger partial charge in [0.05, 0.1) is 0 Å². The minimum Gasteiger partial charge on any atom is -0.329 e. The predicted octanol–water partition coefficient (Wildman–Crippen LogP) is 2.37. The molecule has 2 aromatic rings. The standard InChI is InChI=1S/C12H14N2S/c13-8-11(14)9-4-1-2-5-10(9)12-6-3-7-15-12/h1-7,11H,8,13-14H2/t11-/m1/s1. The van der Waals surface area contributed by atoms with Gasteiger partial charge in [-0.15, -0.1) is 11.3 Å². The van der Waals surface area contributed by atoms with Crippen molar-refractivity contribution in [3.8, 4) is 10.4 Å². The maximum atomic E-state index is 5.98. The number of hydrogen-bond acceptors (Lipinski definition) is 3. The molecule has 0 aliphatic carbocycles. The summed E-state index contributed by atoms with van der Waals surface area (Å²) in [4.78, 5) is 1.24. The Morgan fingerprint density at radius 1 is 1.13 bits per heavy atom. The van der Waals surface area contributed by atoms with E-state index in [0.717, 1.165) is 5.56 Å². The molecule has 0 saturated carbocycles. The van der Waals surface area contributed by atoms with Crippen LogP contribution in [0.25, 0.3) is 10.4 Å². The maximum absolute atomic E-state index is 5.98. The molecule has 0 spiro atoms. The molecule has 0 aliphatic rings. The highest BCUT2D eigenvalue weighted by molar-refractivity contribution is 7.13. The summed E-state index contributed by atoms with van der Waals surface area (Å²) in [5.41, 5.74) is 13.9. The lowest BCUT2D eigenvalue weighted by molar-refractivity contribution is 0.739. The van der Waals surface area contributed by atoms with E-state index in [4.69, 9.17) is 11.5 Å². The van der Waals surface area contributed by atoms with Gasteiger partial charge in [-0.3, -0.25) is 0 Å². The first-order valence-corrected chi connectivity index (χ1v) is 5.79. The normalized spacial score (nSPS) is 12.7. The molecule has 3 heteroatoms. The third-order valence-electron chi connectivity index (χ3n) is 2.40. The van der Waals surface area contributed by atoms with E-state index < -0.39 is 0 Å². The van der Waals surface area contributed by atoms with Gasteiger partial charge in [0.1, 0.15) is 0 Å². The first kappa shape index (κ1) is 10.4. The van der Waals surface area contributed by atoms with Crippen molar-refractivity contribution in [2.75, 3.05) is 6.54 Å². The van der Waals surface area contributed by atoms with Crippen molar-refractivity contribution in [1.29, 1.82) is 0 Å². The number of benzene rings is 1. The van der Waals surface area contributed by atoms with Crippen LogP contribution in [-0.4, -0.2) is 6.54 Å². The second-order valence-corrected chi connectivity index (χ2v) is 4.35. The molecule has 1 aromatic carbocycles. The molecule has 4 N–H and O–H groups in total. The fourth-order valence-electron chi connectivity index (χ4n) is 1.60. The molecule has 0 saturated heterocycles. The summed E-state index contributed by atoms with van der Waals surface area (Å²) in [5, 5.41) is 2.07. The Morgan fingerprint density at radius 2 is 1.93 bits per heavy atom. The number of thiophene rings is 1. The zero-order chi connectivity index (χ0) is 10.7. The van der Waals surface area contributed by atoms with E-state index in [-0.39, 0.29) is 6.04 Å². The average Bonchev–Trinajstić information content (AvgIpc) is 2.81. The monoisotopic (exact) mass is 218 g/mol. The van der Waals surface area contributed by atoms with Crippen molar-refractivity contribution >= 4 is 11.3 Å². The molecule has 1 heterocycles. The van der Waals surface area contributed by atoms with Crippen LogP contribution >= 0.6 is 11.3 Å². The fourth-order valence-corrected chi connectivity index (χ4v) is 2.38. The minimum atomic E-state index is -0.0803. The zero-order valence-electron chi connectivity index (χ0n) is 8.39. The summed E-state index contributed by atoms with van der Waals surface area (Å²) < 4.78 is 0. The molecular formula is C12H14N2S. The van der Waals surface area contributed by atoms with Gasteiger partial charge in [-0.1, -0.05) is 30.3 Å². The van der Waals surface area contributed by atoms with Crippen molar-refractivity contribution in [2.45, 2.75) is 6.04 Å². The molecule has 1 atom stereocenters. The van der Waals surface area contributed by atoms with Crippen molar-refractivity contribution in [1.82, 2.24) is 0 Å². The van der Waals surface area contributed by atoms with Crippen LogP contribution in [-0.2, 0) is 0 Å². The van der Waals surface area contributed by atoms with Crippen molar-refractivity contribution in [2.24, 2.45) is 11.5 Å². The predicted molar refractivity (Wildman–Crippen MR) is 65.7 cm³/mol. The van der Waals surface area contributed by atoms with E-state index >= 15 is 0 Å². The number of nitrogens with two attached hydrogens (primary N) is 2. The molecule has 0 amide bonds. The first-order valence-electron chi connectivity index (χ1n) is 4.91. The zero-order valence-corrected chi connectivity index (χ0v) is 9.21. The van der Waals surface area contributed by atoms with Crippen LogP contribution in [0.4, 0.5) is 0 Å². The Bertz CT molecular complexity index is 423. The summed E-state index contributed by atoms with van der Waals surface area (Å²) in [6.07, 6.45) is 0. The lowest BCUT2D eigenvalue weighted by Crippen LogP contribution is -2.21. The van der Waals surface area contributed by atoms with Crippen molar-refractivity contribution in [3.63, 3.8) is 0 Å². The van der Waals surface area contributed by atoms with Gasteiger partial charge in [0.15, 0.2) is 0 Å². The van der Waals surface area contributed by atoms with Gasteiger partial charge in [0, 0.05) is 17.5 Å². The van der Waals surface area contributed by atoms with Crippen LogP contribution in [0.3, 0.4) is 0 Å². The van der Waals surface area contributed by atoms with E-state index in [0.29, 0.717) is 6.54 Å². The summed E-state index contributed by atoms with van der Waals surface area (Å²) in [5.74, 6) is 0. The summed E-state index contributed by atoms with van der Waals surface area (Å²) in [7, 11) is 0. The van der Waals surface area contributed by atoms with Gasteiger partial charge >= 0.3 is 0 Å². The Labute approximate surface area is 93.5 Å². The molecule has 2 nitrogen and oxygen atoms in total. The Morgan fingerprint density at radius 3 is 2.60 bits per heavy atom. The summed E-state index contributed by atoms with van der Waals surface area (Å²) >= 11 is 1.72. The van der Waals surface area contributed by atoms with Gasteiger partial charge in [0.25, 0.3) is 0 Å². The number of hydrogen-bond donors (Lipinski definition) is 2. The fraction of sp³-hybridized carbons (Fsp3) is 0.167.